The van der Waals surface area contributed by atoms with Crippen molar-refractivity contribution in [2.45, 2.75) is 26.1 Å². The third-order valence-corrected chi connectivity index (χ3v) is 4.83. The van der Waals surface area contributed by atoms with E-state index in [0.29, 0.717) is 21.8 Å². The van der Waals surface area contributed by atoms with Crippen molar-refractivity contribution < 1.29 is 14.3 Å². The normalized spacial score (nSPS) is 15.5. The fourth-order valence-electron chi connectivity index (χ4n) is 2.15. The molecule has 2 rings (SSSR count). The van der Waals surface area contributed by atoms with E-state index < -0.39 is 6.09 Å². The molecular weight excluding hydrogens is 406 g/mol. The number of rotatable bonds is 3. The van der Waals surface area contributed by atoms with Gasteiger partial charge in [-0.25, -0.2) is 4.79 Å². The van der Waals surface area contributed by atoms with E-state index in [-0.39, 0.29) is 24.2 Å². The van der Waals surface area contributed by atoms with Crippen LogP contribution in [-0.2, 0) is 16.1 Å². The van der Waals surface area contributed by atoms with E-state index in [1.54, 1.807) is 13.0 Å². The Morgan fingerprint density at radius 1 is 1.70 bits per heavy atom. The molecule has 0 spiro atoms. The number of hydrogen-bond donors (Lipinski definition) is 2. The van der Waals surface area contributed by atoms with Crippen LogP contribution in [0.3, 0.4) is 0 Å². The van der Waals surface area contributed by atoms with Gasteiger partial charge in [-0.3, -0.25) is 5.32 Å². The second-order valence-corrected chi connectivity index (χ2v) is 6.16. The van der Waals surface area contributed by atoms with Crippen LogP contribution in [0.4, 0.5) is 10.5 Å². The first-order valence-corrected chi connectivity index (χ1v) is 8.29. The number of amides is 1. The molecule has 0 aliphatic carbocycles. The SMILES string of the molecule is CCOC(=O)NC(=S)Nc1cc2c(c(Br)c1Cl)COC2CC#N. The number of alkyl carbamates (subject to hydrolysis) is 1. The maximum Gasteiger partial charge on any atom is 0.413 e. The highest BCUT2D eigenvalue weighted by atomic mass is 79.9. The molecule has 1 aromatic rings. The monoisotopic (exact) mass is 417 g/mol. The first kappa shape index (κ1) is 17.9. The average Bonchev–Trinajstić information content (AvgIpc) is 2.88. The van der Waals surface area contributed by atoms with Gasteiger partial charge in [-0.05, 0) is 52.3 Å². The molecule has 0 radical (unpaired) electrons. The number of ether oxygens (including phenoxy) is 2. The summed E-state index contributed by atoms with van der Waals surface area (Å²) in [5, 5.41) is 14.6. The summed E-state index contributed by atoms with van der Waals surface area (Å²) in [6.07, 6.45) is -0.714. The largest absolute Gasteiger partial charge is 0.450 e. The molecule has 1 atom stereocenters. The van der Waals surface area contributed by atoms with Crippen molar-refractivity contribution in [1.29, 1.82) is 5.26 Å². The molecular formula is C14H13BrClN3O3S. The summed E-state index contributed by atoms with van der Waals surface area (Å²) in [6.45, 7) is 2.32. The summed E-state index contributed by atoms with van der Waals surface area (Å²) in [7, 11) is 0. The lowest BCUT2D eigenvalue weighted by Gasteiger charge is -2.15. The minimum Gasteiger partial charge on any atom is -0.450 e. The number of nitrogens with zero attached hydrogens (tertiary/aromatic N) is 1. The first-order chi connectivity index (χ1) is 11.0. The number of nitrogens with one attached hydrogen (secondary N) is 2. The Bertz CT molecular complexity index is 693. The van der Waals surface area contributed by atoms with Crippen molar-refractivity contribution in [3.63, 3.8) is 0 Å². The molecule has 1 heterocycles. The number of benzene rings is 1. The number of hydrogen-bond acceptors (Lipinski definition) is 5. The minimum atomic E-state index is -0.646. The molecule has 9 heteroatoms. The molecule has 1 amide bonds. The molecule has 0 aromatic heterocycles. The van der Waals surface area contributed by atoms with Gasteiger partial charge < -0.3 is 14.8 Å². The van der Waals surface area contributed by atoms with Crippen LogP contribution < -0.4 is 10.6 Å². The van der Waals surface area contributed by atoms with Gasteiger partial charge in [-0.1, -0.05) is 11.6 Å². The number of anilines is 1. The fourth-order valence-corrected chi connectivity index (χ4v) is 3.11. The molecule has 6 nitrogen and oxygen atoms in total. The van der Waals surface area contributed by atoms with Gasteiger partial charge in [0.05, 0.1) is 42.5 Å². The van der Waals surface area contributed by atoms with E-state index in [9.17, 15) is 4.79 Å². The van der Waals surface area contributed by atoms with Crippen LogP contribution in [-0.4, -0.2) is 17.8 Å². The van der Waals surface area contributed by atoms with Gasteiger partial charge in [0.25, 0.3) is 0 Å². The summed E-state index contributed by atoms with van der Waals surface area (Å²) in [5.74, 6) is 0. The second kappa shape index (κ2) is 7.93. The van der Waals surface area contributed by atoms with E-state index >= 15 is 0 Å². The number of fused-ring (bicyclic) bond motifs is 1. The Labute approximate surface area is 152 Å². The highest BCUT2D eigenvalue weighted by Crippen LogP contribution is 2.43. The Hall–Kier alpha value is -1.40. The molecule has 1 aromatic carbocycles. The summed E-state index contributed by atoms with van der Waals surface area (Å²) in [6, 6.07) is 3.87. The molecule has 122 valence electrons. The number of halogens is 2. The summed E-state index contributed by atoms with van der Waals surface area (Å²) >= 11 is 14.8. The van der Waals surface area contributed by atoms with E-state index in [1.807, 2.05) is 0 Å². The molecule has 0 bridgehead atoms. The standard InChI is InChI=1S/C14H13BrClN3O3S/c1-2-21-14(20)19-13(23)18-9-5-7-8(11(15)12(9)16)6-22-10(7)3-4-17/h5,10H,2-3,6H2,1H3,(H2,18,19,20,23). The van der Waals surface area contributed by atoms with E-state index in [2.05, 4.69) is 32.6 Å². The van der Waals surface area contributed by atoms with Crippen LogP contribution in [0.2, 0.25) is 5.02 Å². The Kier molecular flexibility index (Phi) is 6.18. The van der Waals surface area contributed by atoms with Crippen molar-refractivity contribution >= 4 is 56.6 Å². The van der Waals surface area contributed by atoms with Crippen LogP contribution in [0.1, 0.15) is 30.6 Å². The van der Waals surface area contributed by atoms with Crippen molar-refractivity contribution in [1.82, 2.24) is 5.32 Å². The third kappa shape index (κ3) is 4.12. The quantitative estimate of drug-likeness (QED) is 0.721. The smallest absolute Gasteiger partial charge is 0.413 e. The molecule has 23 heavy (non-hydrogen) atoms. The van der Waals surface area contributed by atoms with Crippen molar-refractivity contribution in [2.75, 3.05) is 11.9 Å². The lowest BCUT2D eigenvalue weighted by atomic mass is 10.0. The van der Waals surface area contributed by atoms with E-state index in [1.165, 1.54) is 0 Å². The van der Waals surface area contributed by atoms with E-state index in [4.69, 9.17) is 38.6 Å². The van der Waals surface area contributed by atoms with Crippen LogP contribution in [0.5, 0.6) is 0 Å². The number of carbonyl (C=O) groups is 1. The Morgan fingerprint density at radius 3 is 3.09 bits per heavy atom. The maximum absolute atomic E-state index is 11.4. The summed E-state index contributed by atoms with van der Waals surface area (Å²) < 4.78 is 11.0. The van der Waals surface area contributed by atoms with Gasteiger partial charge in [0.2, 0.25) is 0 Å². The van der Waals surface area contributed by atoms with Gasteiger partial charge in [0.1, 0.15) is 0 Å². The van der Waals surface area contributed by atoms with Gasteiger partial charge in [-0.2, -0.15) is 5.26 Å². The lowest BCUT2D eigenvalue weighted by Crippen LogP contribution is -2.34. The van der Waals surface area contributed by atoms with Crippen LogP contribution >= 0.6 is 39.7 Å². The first-order valence-electron chi connectivity index (χ1n) is 6.72. The number of nitriles is 1. The number of thiocarbonyl (C=S) groups is 1. The van der Waals surface area contributed by atoms with Gasteiger partial charge >= 0.3 is 6.09 Å². The Balaban J connectivity index is 2.22. The second-order valence-electron chi connectivity index (χ2n) is 4.58. The summed E-state index contributed by atoms with van der Waals surface area (Å²) in [5.41, 5.74) is 2.28. The zero-order valence-electron chi connectivity index (χ0n) is 12.1. The molecule has 2 N–H and O–H groups in total. The zero-order valence-corrected chi connectivity index (χ0v) is 15.3. The van der Waals surface area contributed by atoms with Gasteiger partial charge in [-0.15, -0.1) is 0 Å². The molecule has 1 aliphatic heterocycles. The highest BCUT2D eigenvalue weighted by molar-refractivity contribution is 9.10. The Morgan fingerprint density at radius 2 is 2.43 bits per heavy atom. The molecule has 0 saturated heterocycles. The van der Waals surface area contributed by atoms with Crippen LogP contribution in [0.15, 0.2) is 10.5 Å². The highest BCUT2D eigenvalue weighted by Gasteiger charge is 2.28. The van der Waals surface area contributed by atoms with Crippen molar-refractivity contribution in [2.24, 2.45) is 0 Å². The summed E-state index contributed by atoms with van der Waals surface area (Å²) in [4.78, 5) is 11.4. The fraction of sp³-hybridized carbons (Fsp3) is 0.357. The maximum atomic E-state index is 11.4. The minimum absolute atomic E-state index is 0.0629. The van der Waals surface area contributed by atoms with Crippen LogP contribution in [0.25, 0.3) is 0 Å². The molecule has 1 aliphatic rings. The topological polar surface area (TPSA) is 83.4 Å². The van der Waals surface area contributed by atoms with Gasteiger partial charge in [0, 0.05) is 4.47 Å². The average molecular weight is 419 g/mol. The molecule has 0 saturated carbocycles. The van der Waals surface area contributed by atoms with E-state index in [0.717, 1.165) is 11.1 Å². The predicted octanol–water partition coefficient (Wildman–Crippen LogP) is 4.03. The third-order valence-electron chi connectivity index (χ3n) is 3.13. The van der Waals surface area contributed by atoms with Crippen LogP contribution in [0, 0.1) is 11.3 Å². The van der Waals surface area contributed by atoms with Crippen molar-refractivity contribution in [3.05, 3.63) is 26.7 Å². The predicted molar refractivity (Wildman–Crippen MR) is 93.3 cm³/mol. The van der Waals surface area contributed by atoms with Gasteiger partial charge in [0.15, 0.2) is 5.11 Å². The molecule has 1 unspecified atom stereocenters. The zero-order chi connectivity index (χ0) is 17.0. The van der Waals surface area contributed by atoms with Crippen molar-refractivity contribution in [3.8, 4) is 6.07 Å². The molecule has 0 fully saturated rings. The lowest BCUT2D eigenvalue weighted by molar-refractivity contribution is 0.0694. The number of carbonyl (C=O) groups excluding carboxylic acids is 1.